The van der Waals surface area contributed by atoms with E-state index in [1.54, 1.807) is 24.3 Å². The number of benzene rings is 2. The van der Waals surface area contributed by atoms with E-state index in [4.69, 9.17) is 25.8 Å². The fourth-order valence-electron chi connectivity index (χ4n) is 8.76. The Balaban J connectivity index is 1.21. The van der Waals surface area contributed by atoms with E-state index in [2.05, 4.69) is 15.6 Å². The molecule has 3 N–H and O–H groups in total. The van der Waals surface area contributed by atoms with Crippen LogP contribution in [0.4, 0.5) is 13.6 Å². The number of fused-ring (bicyclic) bond motifs is 3. The molecule has 2 aromatic carbocycles. The van der Waals surface area contributed by atoms with Gasteiger partial charge in [0.25, 0.3) is 0 Å². The molecule has 57 heavy (non-hydrogen) atoms. The third-order valence-electron chi connectivity index (χ3n) is 11.8. The lowest BCUT2D eigenvalue weighted by Gasteiger charge is -2.31. The summed E-state index contributed by atoms with van der Waals surface area (Å²) < 4.78 is 62.0. The Morgan fingerprint density at radius 2 is 1.70 bits per heavy atom. The number of aromatic nitrogens is 1. The topological polar surface area (TPSA) is 156 Å². The number of alkyl carbamates (subject to hydrolysis) is 1. The standard InChI is InChI=1S/C41H50ClF2N4O8P/c1-2-54-36-21-35(28-15-10-16-30(42)37(28)46-36)55-27-20-34-38(49)47-41(57(52,53)24-29-31(43)17-11-18-32(29)44)22-25(41)12-6-4-3-5-7-19-33(39(50)48(34)23-27)45-40(51)56-26-13-8-9-14-26/h10-11,15-18,21,25-27,33-34H,2-9,12-14,19-20,22-24H2,1H3,(H,45,51)(H,47,49)(H,52,53)/t25-,27?,33+,34+,41+/m1/s1. The van der Waals surface area contributed by atoms with Gasteiger partial charge in [0, 0.05) is 23.4 Å². The minimum Gasteiger partial charge on any atom is -0.488 e. The van der Waals surface area contributed by atoms with E-state index in [1.807, 2.05) is 6.92 Å². The van der Waals surface area contributed by atoms with E-state index >= 15 is 0 Å². The highest BCUT2D eigenvalue weighted by Gasteiger charge is 2.66. The second kappa shape index (κ2) is 17.5. The molecule has 0 spiro atoms. The van der Waals surface area contributed by atoms with Crippen LogP contribution in [-0.2, 0) is 25.1 Å². The van der Waals surface area contributed by atoms with Gasteiger partial charge in [-0.25, -0.2) is 18.6 Å². The SMILES string of the molecule is CCOc1cc(OC2C[C@H]3C(=O)N[C@]4(P(=O)(O)Cc5c(F)cccc5F)C[C@H]4CCCCCCC[C@H](NC(=O)OC4CCCC4)C(=O)N3C2)c2cccc(Cl)c2n1. The van der Waals surface area contributed by atoms with Crippen molar-refractivity contribution in [2.24, 2.45) is 5.92 Å². The lowest BCUT2D eigenvalue weighted by Crippen LogP contribution is -2.55. The summed E-state index contributed by atoms with van der Waals surface area (Å²) in [6, 6.07) is 7.90. The number of pyridine rings is 1. The zero-order valence-electron chi connectivity index (χ0n) is 32.0. The van der Waals surface area contributed by atoms with Gasteiger partial charge in [-0.1, -0.05) is 55.8 Å². The summed E-state index contributed by atoms with van der Waals surface area (Å²) in [5, 5.41) is 4.98. The molecule has 1 aromatic heterocycles. The van der Waals surface area contributed by atoms with E-state index < -0.39 is 78.0 Å². The number of carbonyl (C=O) groups excluding carboxylic acids is 3. The zero-order chi connectivity index (χ0) is 40.3. The summed E-state index contributed by atoms with van der Waals surface area (Å²) in [5.74, 6) is -2.88. The monoisotopic (exact) mass is 830 g/mol. The summed E-state index contributed by atoms with van der Waals surface area (Å²) in [6.07, 6.45) is 5.63. The number of nitrogens with one attached hydrogen (secondary N) is 2. The lowest BCUT2D eigenvalue weighted by molar-refractivity contribution is -0.140. The van der Waals surface area contributed by atoms with Crippen LogP contribution in [0.5, 0.6) is 11.6 Å². The zero-order valence-corrected chi connectivity index (χ0v) is 33.7. The highest BCUT2D eigenvalue weighted by molar-refractivity contribution is 7.59. The second-order valence-electron chi connectivity index (χ2n) is 15.7. The molecule has 16 heteroatoms. The highest BCUT2D eigenvalue weighted by atomic mass is 35.5. The maximum absolute atomic E-state index is 14.8. The maximum atomic E-state index is 14.8. The minimum atomic E-state index is -4.52. The van der Waals surface area contributed by atoms with Crippen molar-refractivity contribution >= 4 is 47.8 Å². The van der Waals surface area contributed by atoms with Gasteiger partial charge >= 0.3 is 6.09 Å². The Morgan fingerprint density at radius 3 is 2.44 bits per heavy atom. The van der Waals surface area contributed by atoms with Gasteiger partial charge in [0.2, 0.25) is 25.1 Å². The molecule has 2 aliphatic carbocycles. The largest absolute Gasteiger partial charge is 0.488 e. The molecule has 3 aromatic rings. The van der Waals surface area contributed by atoms with Gasteiger partial charge in [-0.3, -0.25) is 14.2 Å². The predicted molar refractivity (Wildman–Crippen MR) is 209 cm³/mol. The molecule has 7 rings (SSSR count). The Hall–Kier alpha value is -4.00. The van der Waals surface area contributed by atoms with Crippen molar-refractivity contribution in [2.75, 3.05) is 13.2 Å². The average molecular weight is 831 g/mol. The van der Waals surface area contributed by atoms with E-state index in [0.29, 0.717) is 54.0 Å². The first-order chi connectivity index (χ1) is 27.4. The molecule has 3 amide bonds. The third-order valence-corrected chi connectivity index (χ3v) is 14.8. The number of hydrogen-bond acceptors (Lipinski definition) is 8. The number of halogens is 3. The molecule has 0 bridgehead atoms. The van der Waals surface area contributed by atoms with Crippen LogP contribution in [0.25, 0.3) is 10.9 Å². The van der Waals surface area contributed by atoms with Gasteiger partial charge in [-0.05, 0) is 82.1 Å². The molecule has 6 atom stereocenters. The number of nitrogens with zero attached hydrogens (tertiary/aromatic N) is 2. The molecular weight excluding hydrogens is 781 g/mol. The smallest absolute Gasteiger partial charge is 0.408 e. The van der Waals surface area contributed by atoms with Crippen LogP contribution in [0.2, 0.25) is 5.02 Å². The van der Waals surface area contributed by atoms with Crippen molar-refractivity contribution in [1.82, 2.24) is 20.5 Å². The summed E-state index contributed by atoms with van der Waals surface area (Å²) >= 11 is 6.52. The highest BCUT2D eigenvalue weighted by Crippen LogP contribution is 2.71. The van der Waals surface area contributed by atoms with Crippen LogP contribution >= 0.6 is 19.0 Å². The lowest BCUT2D eigenvalue weighted by atomic mass is 10.0. The second-order valence-corrected chi connectivity index (χ2v) is 18.7. The van der Waals surface area contributed by atoms with Gasteiger partial charge in [-0.2, -0.15) is 0 Å². The van der Waals surface area contributed by atoms with Crippen LogP contribution < -0.4 is 20.1 Å². The van der Waals surface area contributed by atoms with Crippen LogP contribution in [0.1, 0.15) is 96.0 Å². The van der Waals surface area contributed by atoms with E-state index in [9.17, 15) is 32.6 Å². The molecule has 2 aliphatic heterocycles. The number of hydrogen-bond donors (Lipinski definition) is 3. The Labute approximate surface area is 335 Å². The van der Waals surface area contributed by atoms with Crippen LogP contribution in [0, 0.1) is 17.6 Å². The molecule has 4 aliphatic rings. The summed E-state index contributed by atoms with van der Waals surface area (Å²) in [5.41, 5.74) is -0.0762. The number of rotatable bonds is 9. The maximum Gasteiger partial charge on any atom is 0.408 e. The van der Waals surface area contributed by atoms with Crippen molar-refractivity contribution < 1.29 is 46.8 Å². The molecule has 12 nitrogen and oxygen atoms in total. The van der Waals surface area contributed by atoms with Gasteiger partial charge < -0.3 is 34.6 Å². The molecule has 0 radical (unpaired) electrons. The van der Waals surface area contributed by atoms with Crippen LogP contribution in [0.3, 0.4) is 0 Å². The quantitative estimate of drug-likeness (QED) is 0.182. The first-order valence-corrected chi connectivity index (χ1v) is 22.3. The molecule has 308 valence electrons. The van der Waals surface area contributed by atoms with E-state index in [1.165, 1.54) is 11.0 Å². The van der Waals surface area contributed by atoms with E-state index in [0.717, 1.165) is 57.1 Å². The van der Waals surface area contributed by atoms with Crippen LogP contribution in [-0.4, -0.2) is 75.4 Å². The molecule has 2 unspecified atom stereocenters. The van der Waals surface area contributed by atoms with Crippen LogP contribution in [0.15, 0.2) is 42.5 Å². The first-order valence-electron chi connectivity index (χ1n) is 20.1. The number of carbonyl (C=O) groups is 3. The molecule has 3 heterocycles. The van der Waals surface area contributed by atoms with Gasteiger partial charge in [0.1, 0.15) is 47.0 Å². The third kappa shape index (κ3) is 9.03. The minimum absolute atomic E-state index is 0.0103. The Bertz CT molecular complexity index is 2020. The van der Waals surface area contributed by atoms with Gasteiger partial charge in [-0.15, -0.1) is 0 Å². The van der Waals surface area contributed by atoms with E-state index in [-0.39, 0.29) is 31.4 Å². The Morgan fingerprint density at radius 1 is 1.02 bits per heavy atom. The molecule has 2 saturated carbocycles. The van der Waals surface area contributed by atoms with Crippen molar-refractivity contribution in [3.63, 3.8) is 0 Å². The fraction of sp³-hybridized carbons (Fsp3) is 0.561. The number of ether oxygens (including phenoxy) is 3. The summed E-state index contributed by atoms with van der Waals surface area (Å²) in [4.78, 5) is 60.0. The fourth-order valence-corrected chi connectivity index (χ4v) is 11.5. The Kier molecular flexibility index (Phi) is 12.6. The number of para-hydroxylation sites is 1. The van der Waals surface area contributed by atoms with Crippen molar-refractivity contribution in [1.29, 1.82) is 0 Å². The number of amides is 3. The molecule has 4 fully saturated rings. The molecule has 2 saturated heterocycles. The summed E-state index contributed by atoms with van der Waals surface area (Å²) in [7, 11) is -4.52. The molecular formula is C41H50ClF2N4O8P. The predicted octanol–water partition coefficient (Wildman–Crippen LogP) is 8.00. The summed E-state index contributed by atoms with van der Waals surface area (Å²) in [6.45, 7) is 2.08. The average Bonchev–Trinajstić information content (AvgIpc) is 3.43. The van der Waals surface area contributed by atoms with Crippen molar-refractivity contribution in [3.05, 3.63) is 64.7 Å². The van der Waals surface area contributed by atoms with Crippen molar-refractivity contribution in [2.45, 2.75) is 126 Å². The van der Waals surface area contributed by atoms with Crippen molar-refractivity contribution in [3.8, 4) is 11.6 Å². The first kappa shape index (κ1) is 41.2. The normalized spacial score (nSPS) is 27.0. The van der Waals surface area contributed by atoms with Gasteiger partial charge in [0.05, 0.1) is 29.9 Å². The van der Waals surface area contributed by atoms with Gasteiger partial charge in [0.15, 0.2) is 0 Å².